The molecule has 2 heteroatoms. The molecule has 0 spiro atoms. The number of aryl methyl sites for hydroxylation is 1. The van der Waals surface area contributed by atoms with E-state index in [4.69, 9.17) is 11.6 Å². The van der Waals surface area contributed by atoms with Crippen LogP contribution in [0.2, 0.25) is 5.02 Å². The molecule has 0 fully saturated rings. The Hall–Kier alpha value is -0.690. The van der Waals surface area contributed by atoms with Crippen molar-refractivity contribution in [3.05, 3.63) is 28.8 Å². The van der Waals surface area contributed by atoms with Gasteiger partial charge in [-0.3, -0.25) is 0 Å². The summed E-state index contributed by atoms with van der Waals surface area (Å²) in [7, 11) is 0. The van der Waals surface area contributed by atoms with E-state index in [1.165, 1.54) is 0 Å². The maximum absolute atomic E-state index is 9.18. The van der Waals surface area contributed by atoms with Gasteiger partial charge in [0.25, 0.3) is 0 Å². The molecule has 0 aromatic heterocycles. The molecular weight excluding hydrogens is 172 g/mol. The Kier molecular flexibility index (Phi) is 5.56. The highest BCUT2D eigenvalue weighted by Gasteiger charge is 1.97. The molecule has 1 nitrogen and oxygen atoms in total. The summed E-state index contributed by atoms with van der Waals surface area (Å²) in [5, 5.41) is 9.85. The highest BCUT2D eigenvalue weighted by molar-refractivity contribution is 6.30. The minimum atomic E-state index is 0.326. The molecule has 0 aliphatic heterocycles. The average Bonchev–Trinajstić information content (AvgIpc) is 2.13. The van der Waals surface area contributed by atoms with Gasteiger partial charge in [-0.2, -0.15) is 0 Å². The molecule has 0 radical (unpaired) electrons. The largest absolute Gasteiger partial charge is 0.508 e. The number of benzene rings is 1. The summed E-state index contributed by atoms with van der Waals surface area (Å²) < 4.78 is 0. The fraction of sp³-hybridized carbons (Fsp3) is 0.400. The molecule has 0 saturated heterocycles. The van der Waals surface area contributed by atoms with Gasteiger partial charge in [0, 0.05) is 5.02 Å². The second kappa shape index (κ2) is 5.90. The molecule has 0 atom stereocenters. The van der Waals surface area contributed by atoms with Crippen molar-refractivity contribution in [3.8, 4) is 5.75 Å². The van der Waals surface area contributed by atoms with Crippen molar-refractivity contribution in [1.29, 1.82) is 0 Å². The lowest BCUT2D eigenvalue weighted by Gasteiger charge is -1.99. The van der Waals surface area contributed by atoms with Crippen LogP contribution in [0.1, 0.15) is 26.3 Å². The molecule has 0 unspecified atom stereocenters. The number of hydrogen-bond acceptors (Lipinski definition) is 1. The topological polar surface area (TPSA) is 20.2 Å². The van der Waals surface area contributed by atoms with Gasteiger partial charge in [-0.25, -0.2) is 0 Å². The number of rotatable bonds is 1. The number of phenolic OH excluding ortho intramolecular Hbond substituents is 1. The monoisotopic (exact) mass is 186 g/mol. The lowest BCUT2D eigenvalue weighted by atomic mass is 10.1. The zero-order chi connectivity index (χ0) is 9.56. The van der Waals surface area contributed by atoms with Crippen molar-refractivity contribution in [1.82, 2.24) is 0 Å². The lowest BCUT2D eigenvalue weighted by Crippen LogP contribution is -1.79. The van der Waals surface area contributed by atoms with Gasteiger partial charge in [-0.15, -0.1) is 0 Å². The summed E-state index contributed by atoms with van der Waals surface area (Å²) >= 11 is 5.68. The van der Waals surface area contributed by atoms with E-state index in [1.807, 2.05) is 20.8 Å². The zero-order valence-corrected chi connectivity index (χ0v) is 8.52. The molecule has 0 heterocycles. The molecule has 0 aliphatic rings. The van der Waals surface area contributed by atoms with Gasteiger partial charge in [0.1, 0.15) is 5.75 Å². The van der Waals surface area contributed by atoms with Gasteiger partial charge in [0.05, 0.1) is 0 Å². The molecule has 0 bridgehead atoms. The molecule has 1 aromatic carbocycles. The van der Waals surface area contributed by atoms with Crippen LogP contribution in [-0.4, -0.2) is 5.11 Å². The number of phenols is 1. The first-order valence-corrected chi connectivity index (χ1v) is 4.59. The maximum atomic E-state index is 9.18. The van der Waals surface area contributed by atoms with Crippen molar-refractivity contribution >= 4 is 11.6 Å². The summed E-state index contributed by atoms with van der Waals surface area (Å²) in [6, 6.07) is 5.06. The fourth-order valence-corrected chi connectivity index (χ4v) is 1.03. The Morgan fingerprint density at radius 1 is 1.33 bits per heavy atom. The second-order valence-electron chi connectivity index (χ2n) is 2.13. The van der Waals surface area contributed by atoms with Gasteiger partial charge in [-0.1, -0.05) is 32.4 Å². The van der Waals surface area contributed by atoms with Crippen molar-refractivity contribution in [2.75, 3.05) is 0 Å². The van der Waals surface area contributed by atoms with E-state index in [0.717, 1.165) is 12.0 Å². The van der Waals surface area contributed by atoms with E-state index in [-0.39, 0.29) is 0 Å². The maximum Gasteiger partial charge on any atom is 0.118 e. The van der Waals surface area contributed by atoms with Crippen molar-refractivity contribution in [3.63, 3.8) is 0 Å². The first-order valence-electron chi connectivity index (χ1n) is 4.21. The van der Waals surface area contributed by atoms with E-state index < -0.39 is 0 Å². The summed E-state index contributed by atoms with van der Waals surface area (Å²) in [4.78, 5) is 0. The summed E-state index contributed by atoms with van der Waals surface area (Å²) in [5.74, 6) is 0.326. The van der Waals surface area contributed by atoms with Gasteiger partial charge < -0.3 is 5.11 Å². The van der Waals surface area contributed by atoms with Crippen LogP contribution < -0.4 is 0 Å². The van der Waals surface area contributed by atoms with E-state index in [1.54, 1.807) is 18.2 Å². The van der Waals surface area contributed by atoms with Crippen molar-refractivity contribution in [2.45, 2.75) is 27.2 Å². The Bertz CT molecular complexity index is 233. The Morgan fingerprint density at radius 2 is 1.92 bits per heavy atom. The molecule has 0 saturated carbocycles. The number of hydrogen-bond donors (Lipinski definition) is 1. The smallest absolute Gasteiger partial charge is 0.118 e. The van der Waals surface area contributed by atoms with Crippen molar-refractivity contribution < 1.29 is 5.11 Å². The van der Waals surface area contributed by atoms with Crippen LogP contribution in [0.15, 0.2) is 18.2 Å². The third-order valence-corrected chi connectivity index (χ3v) is 1.66. The number of aromatic hydroxyl groups is 1. The summed E-state index contributed by atoms with van der Waals surface area (Å²) in [5.41, 5.74) is 0.896. The van der Waals surface area contributed by atoms with Crippen molar-refractivity contribution in [2.24, 2.45) is 0 Å². The highest BCUT2D eigenvalue weighted by atomic mass is 35.5. The van der Waals surface area contributed by atoms with Gasteiger partial charge in [0.2, 0.25) is 0 Å². The van der Waals surface area contributed by atoms with Crippen LogP contribution >= 0.6 is 11.6 Å². The van der Waals surface area contributed by atoms with Crippen LogP contribution in [0.5, 0.6) is 5.75 Å². The van der Waals surface area contributed by atoms with E-state index in [2.05, 4.69) is 0 Å². The molecule has 1 aromatic rings. The Morgan fingerprint density at radius 3 is 2.33 bits per heavy atom. The molecule has 1 rings (SSSR count). The molecule has 12 heavy (non-hydrogen) atoms. The van der Waals surface area contributed by atoms with Crippen LogP contribution in [0, 0.1) is 0 Å². The predicted octanol–water partition coefficient (Wildman–Crippen LogP) is 3.63. The van der Waals surface area contributed by atoms with Crippen LogP contribution in [-0.2, 0) is 6.42 Å². The third kappa shape index (κ3) is 3.14. The third-order valence-electron chi connectivity index (χ3n) is 1.42. The number of halogens is 1. The van der Waals surface area contributed by atoms with Crippen LogP contribution in [0.25, 0.3) is 0 Å². The highest BCUT2D eigenvalue weighted by Crippen LogP contribution is 2.21. The minimum absolute atomic E-state index is 0.326. The van der Waals surface area contributed by atoms with Crippen LogP contribution in [0.4, 0.5) is 0 Å². The van der Waals surface area contributed by atoms with E-state index in [9.17, 15) is 5.11 Å². The van der Waals surface area contributed by atoms with E-state index in [0.29, 0.717) is 10.8 Å². The van der Waals surface area contributed by atoms with E-state index >= 15 is 0 Å². The molecule has 1 N–H and O–H groups in total. The first-order chi connectivity index (χ1) is 5.74. The van der Waals surface area contributed by atoms with Crippen LogP contribution in [0.3, 0.4) is 0 Å². The average molecular weight is 187 g/mol. The molecule has 68 valence electrons. The molecule has 0 aliphatic carbocycles. The quantitative estimate of drug-likeness (QED) is 0.710. The zero-order valence-electron chi connectivity index (χ0n) is 7.76. The summed E-state index contributed by atoms with van der Waals surface area (Å²) in [6.07, 6.45) is 0.812. The second-order valence-corrected chi connectivity index (χ2v) is 2.56. The standard InChI is InChI=1S/C8H9ClO.C2H6/c1-2-6-5-7(9)3-4-8(6)10;1-2/h3-5,10H,2H2,1H3;1-2H3. The summed E-state index contributed by atoms with van der Waals surface area (Å²) in [6.45, 7) is 5.98. The predicted molar refractivity (Wildman–Crippen MR) is 53.8 cm³/mol. The fourth-order valence-electron chi connectivity index (χ4n) is 0.837. The first kappa shape index (κ1) is 11.3. The molecule has 0 amide bonds. The SMILES string of the molecule is CC.CCc1cc(Cl)ccc1O. The van der Waals surface area contributed by atoms with Gasteiger partial charge >= 0.3 is 0 Å². The normalized spacial score (nSPS) is 8.67. The Balaban J connectivity index is 0.000000561. The molecular formula is C10H15ClO. The minimum Gasteiger partial charge on any atom is -0.508 e. The lowest BCUT2D eigenvalue weighted by molar-refractivity contribution is 0.469. The Labute approximate surface area is 79.0 Å². The van der Waals surface area contributed by atoms with Gasteiger partial charge in [-0.05, 0) is 30.2 Å². The van der Waals surface area contributed by atoms with Gasteiger partial charge in [0.15, 0.2) is 0 Å².